The summed E-state index contributed by atoms with van der Waals surface area (Å²) in [5.74, 6) is -0.0441. The number of nitrogens with zero attached hydrogens (tertiary/aromatic N) is 1. The molecular weight excluding hydrogens is 320 g/mol. The Kier molecular flexibility index (Phi) is 5.12. The summed E-state index contributed by atoms with van der Waals surface area (Å²) in [5.41, 5.74) is 6.63. The number of aromatic nitrogens is 1. The van der Waals surface area contributed by atoms with E-state index < -0.39 is 11.9 Å². The van der Waals surface area contributed by atoms with E-state index >= 15 is 0 Å². The molecule has 1 unspecified atom stereocenters. The lowest BCUT2D eigenvalue weighted by atomic mass is 10.1. The fourth-order valence-electron chi connectivity index (χ4n) is 2.78. The number of piperazine rings is 1. The first-order valence-corrected chi connectivity index (χ1v) is 7.08. The lowest BCUT2D eigenvalue weighted by Crippen LogP contribution is -2.58. The number of rotatable bonds is 3. The second-order valence-electron chi connectivity index (χ2n) is 5.23. The van der Waals surface area contributed by atoms with Crippen LogP contribution in [0.2, 0.25) is 0 Å². The number of ether oxygens (including phenoxy) is 1. The molecule has 4 N–H and O–H groups in total. The molecule has 1 fully saturated rings. The van der Waals surface area contributed by atoms with E-state index in [1.807, 2.05) is 18.2 Å². The minimum atomic E-state index is -0.630. The van der Waals surface area contributed by atoms with Gasteiger partial charge in [0.25, 0.3) is 5.91 Å². The van der Waals surface area contributed by atoms with E-state index in [4.69, 9.17) is 10.5 Å². The normalized spacial score (nSPS) is 17.6. The molecule has 0 aliphatic carbocycles. The molecule has 1 aromatic heterocycles. The average molecular weight is 339 g/mol. The molecule has 1 aliphatic heterocycles. The predicted octanol–water partition coefficient (Wildman–Crippen LogP) is 0.498. The standard InChI is InChI=1S/C15H18N4O3.ClH/c1-22-13-4-2-3-10-9(13)7-11(18-10)15(21)19-6-5-17-8-12(19)14(16)20;/h2-4,7,12,17-18H,5-6,8H2,1H3,(H2,16,20);1H. The summed E-state index contributed by atoms with van der Waals surface area (Å²) in [6, 6.07) is 6.67. The first kappa shape index (κ1) is 17.1. The summed E-state index contributed by atoms with van der Waals surface area (Å²) in [7, 11) is 1.59. The van der Waals surface area contributed by atoms with Crippen molar-refractivity contribution in [2.75, 3.05) is 26.7 Å². The third kappa shape index (κ3) is 3.11. The highest BCUT2D eigenvalue weighted by Gasteiger charge is 2.31. The molecule has 0 spiro atoms. The Labute approximate surface area is 139 Å². The van der Waals surface area contributed by atoms with Crippen LogP contribution in [0.3, 0.4) is 0 Å². The van der Waals surface area contributed by atoms with E-state index in [1.54, 1.807) is 13.2 Å². The summed E-state index contributed by atoms with van der Waals surface area (Å²) in [6.45, 7) is 1.46. The van der Waals surface area contributed by atoms with Gasteiger partial charge < -0.3 is 25.7 Å². The fourth-order valence-corrected chi connectivity index (χ4v) is 2.78. The number of halogens is 1. The molecular formula is C15H19ClN4O3. The van der Waals surface area contributed by atoms with E-state index in [-0.39, 0.29) is 18.3 Å². The molecule has 1 atom stereocenters. The molecule has 23 heavy (non-hydrogen) atoms. The lowest BCUT2D eigenvalue weighted by Gasteiger charge is -2.33. The summed E-state index contributed by atoms with van der Waals surface area (Å²) in [4.78, 5) is 28.8. The zero-order valence-corrected chi connectivity index (χ0v) is 13.5. The number of nitrogens with one attached hydrogen (secondary N) is 2. The Morgan fingerprint density at radius 1 is 1.39 bits per heavy atom. The van der Waals surface area contributed by atoms with Gasteiger partial charge in [0.05, 0.1) is 7.11 Å². The summed E-state index contributed by atoms with van der Waals surface area (Å²) in [5, 5.41) is 3.90. The molecule has 2 aromatic rings. The van der Waals surface area contributed by atoms with Gasteiger partial charge in [0.1, 0.15) is 17.5 Å². The number of hydrogen-bond donors (Lipinski definition) is 3. The fraction of sp³-hybridized carbons (Fsp3) is 0.333. The van der Waals surface area contributed by atoms with Crippen LogP contribution in [0.5, 0.6) is 5.75 Å². The Bertz CT molecular complexity index is 731. The highest BCUT2D eigenvalue weighted by molar-refractivity contribution is 6.01. The molecule has 2 heterocycles. The Balaban J connectivity index is 0.00000192. The third-order valence-corrected chi connectivity index (χ3v) is 3.91. The minimum absolute atomic E-state index is 0. The van der Waals surface area contributed by atoms with Crippen LogP contribution in [0.4, 0.5) is 0 Å². The Morgan fingerprint density at radius 2 is 2.17 bits per heavy atom. The molecule has 0 bridgehead atoms. The number of hydrogen-bond acceptors (Lipinski definition) is 4. The maximum absolute atomic E-state index is 12.7. The minimum Gasteiger partial charge on any atom is -0.496 e. The van der Waals surface area contributed by atoms with Gasteiger partial charge in [-0.2, -0.15) is 0 Å². The van der Waals surface area contributed by atoms with E-state index in [0.29, 0.717) is 31.1 Å². The van der Waals surface area contributed by atoms with Crippen molar-refractivity contribution in [2.24, 2.45) is 5.73 Å². The van der Waals surface area contributed by atoms with E-state index in [9.17, 15) is 9.59 Å². The summed E-state index contributed by atoms with van der Waals surface area (Å²) >= 11 is 0. The number of carbonyl (C=O) groups is 2. The van der Waals surface area contributed by atoms with E-state index in [0.717, 1.165) is 10.9 Å². The van der Waals surface area contributed by atoms with E-state index in [1.165, 1.54) is 4.90 Å². The zero-order chi connectivity index (χ0) is 15.7. The Hall–Kier alpha value is -2.25. The number of nitrogens with two attached hydrogens (primary N) is 1. The molecule has 1 aromatic carbocycles. The largest absolute Gasteiger partial charge is 0.496 e. The number of fused-ring (bicyclic) bond motifs is 1. The van der Waals surface area contributed by atoms with Gasteiger partial charge in [-0.05, 0) is 18.2 Å². The van der Waals surface area contributed by atoms with Crippen molar-refractivity contribution >= 4 is 35.1 Å². The maximum atomic E-state index is 12.7. The second kappa shape index (κ2) is 6.89. The molecule has 1 saturated heterocycles. The molecule has 3 rings (SSSR count). The van der Waals surface area contributed by atoms with Gasteiger partial charge in [-0.15, -0.1) is 12.4 Å². The van der Waals surface area contributed by atoms with Crippen molar-refractivity contribution in [1.82, 2.24) is 15.2 Å². The quantitative estimate of drug-likeness (QED) is 0.758. The first-order chi connectivity index (χ1) is 10.6. The van der Waals surface area contributed by atoms with Gasteiger partial charge in [0.15, 0.2) is 0 Å². The van der Waals surface area contributed by atoms with Crippen molar-refractivity contribution in [3.05, 3.63) is 30.0 Å². The van der Waals surface area contributed by atoms with Crippen LogP contribution in [0.25, 0.3) is 10.9 Å². The SMILES string of the molecule is COc1cccc2[nH]c(C(=O)N3CCNCC3C(N)=O)cc12.Cl. The molecule has 1 aliphatic rings. The van der Waals surface area contributed by atoms with Gasteiger partial charge in [0.2, 0.25) is 5.91 Å². The van der Waals surface area contributed by atoms with Crippen molar-refractivity contribution in [3.8, 4) is 5.75 Å². The molecule has 124 valence electrons. The van der Waals surface area contributed by atoms with E-state index in [2.05, 4.69) is 10.3 Å². The highest BCUT2D eigenvalue weighted by Crippen LogP contribution is 2.26. The van der Waals surface area contributed by atoms with Crippen LogP contribution < -0.4 is 15.8 Å². The van der Waals surface area contributed by atoms with Crippen molar-refractivity contribution in [1.29, 1.82) is 0 Å². The smallest absolute Gasteiger partial charge is 0.271 e. The summed E-state index contributed by atoms with van der Waals surface area (Å²) < 4.78 is 5.30. The number of carbonyl (C=O) groups excluding carboxylic acids is 2. The van der Waals surface area contributed by atoms with Crippen LogP contribution in [0, 0.1) is 0 Å². The van der Waals surface area contributed by atoms with Gasteiger partial charge in [-0.3, -0.25) is 9.59 Å². The van der Waals surface area contributed by atoms with Gasteiger partial charge >= 0.3 is 0 Å². The zero-order valence-electron chi connectivity index (χ0n) is 12.7. The molecule has 7 nitrogen and oxygen atoms in total. The van der Waals surface area contributed by atoms with Crippen LogP contribution in [-0.4, -0.2) is 54.5 Å². The number of benzene rings is 1. The topological polar surface area (TPSA) is 100 Å². The average Bonchev–Trinajstić information content (AvgIpc) is 2.98. The van der Waals surface area contributed by atoms with Crippen molar-refractivity contribution in [3.63, 3.8) is 0 Å². The predicted molar refractivity (Wildman–Crippen MR) is 89.0 cm³/mol. The highest BCUT2D eigenvalue weighted by atomic mass is 35.5. The molecule has 0 radical (unpaired) electrons. The number of aromatic amines is 1. The number of amides is 2. The number of primary amides is 1. The van der Waals surface area contributed by atoms with Gasteiger partial charge in [0, 0.05) is 30.5 Å². The number of methoxy groups -OCH3 is 1. The third-order valence-electron chi connectivity index (χ3n) is 3.91. The molecule has 8 heteroatoms. The monoisotopic (exact) mass is 338 g/mol. The molecule has 0 saturated carbocycles. The summed E-state index contributed by atoms with van der Waals surface area (Å²) in [6.07, 6.45) is 0. The van der Waals surface area contributed by atoms with Crippen molar-refractivity contribution in [2.45, 2.75) is 6.04 Å². The second-order valence-corrected chi connectivity index (χ2v) is 5.23. The van der Waals surface area contributed by atoms with Crippen LogP contribution in [0.1, 0.15) is 10.5 Å². The van der Waals surface area contributed by atoms with Gasteiger partial charge in [-0.1, -0.05) is 6.07 Å². The number of H-pyrrole nitrogens is 1. The first-order valence-electron chi connectivity index (χ1n) is 7.08. The maximum Gasteiger partial charge on any atom is 0.271 e. The van der Waals surface area contributed by atoms with Crippen LogP contribution in [-0.2, 0) is 4.79 Å². The lowest BCUT2D eigenvalue weighted by molar-refractivity contribution is -0.122. The Morgan fingerprint density at radius 3 is 2.87 bits per heavy atom. The van der Waals surface area contributed by atoms with Crippen molar-refractivity contribution < 1.29 is 14.3 Å². The van der Waals surface area contributed by atoms with Crippen LogP contribution >= 0.6 is 12.4 Å². The van der Waals surface area contributed by atoms with Crippen LogP contribution in [0.15, 0.2) is 24.3 Å². The molecule has 2 amide bonds. The van der Waals surface area contributed by atoms with Gasteiger partial charge in [-0.25, -0.2) is 0 Å².